The molecule has 1 atom stereocenters. The summed E-state index contributed by atoms with van der Waals surface area (Å²) in [6.45, 7) is -0.463. The second-order valence-electron chi connectivity index (χ2n) is 5.49. The van der Waals surface area contributed by atoms with Crippen LogP contribution in [0.1, 0.15) is 17.2 Å². The second kappa shape index (κ2) is 8.89. The van der Waals surface area contributed by atoms with Crippen molar-refractivity contribution in [1.82, 2.24) is 10.6 Å². The van der Waals surface area contributed by atoms with Crippen molar-refractivity contribution in [1.29, 1.82) is 0 Å². The van der Waals surface area contributed by atoms with Gasteiger partial charge in [0.1, 0.15) is 11.6 Å². The molecular weight excluding hydrogens is 328 g/mol. The first-order valence-electron chi connectivity index (χ1n) is 7.74. The first-order chi connectivity index (χ1) is 12.0. The van der Waals surface area contributed by atoms with Crippen LogP contribution in [0, 0.1) is 11.6 Å². The third-order valence-electron chi connectivity index (χ3n) is 3.55. The maximum absolute atomic E-state index is 13.5. The fourth-order valence-electron chi connectivity index (χ4n) is 2.37. The van der Waals surface area contributed by atoms with Gasteiger partial charge in [0.15, 0.2) is 0 Å². The van der Waals surface area contributed by atoms with Gasteiger partial charge in [-0.05, 0) is 41.8 Å². The number of amides is 2. The lowest BCUT2D eigenvalue weighted by molar-refractivity contribution is -0.125. The van der Waals surface area contributed by atoms with Gasteiger partial charge in [0.05, 0.1) is 19.1 Å². The van der Waals surface area contributed by atoms with Crippen molar-refractivity contribution in [3.63, 3.8) is 0 Å². The molecule has 0 aromatic heterocycles. The predicted octanol–water partition coefficient (Wildman–Crippen LogP) is 1.44. The number of rotatable bonds is 7. The average molecular weight is 347 g/mol. The molecule has 0 aliphatic carbocycles. The van der Waals surface area contributed by atoms with E-state index >= 15 is 0 Å². The van der Waals surface area contributed by atoms with E-state index in [0.717, 1.165) is 0 Å². The van der Waals surface area contributed by atoms with Crippen LogP contribution >= 0.6 is 0 Å². The monoisotopic (exact) mass is 347 g/mol. The molecule has 0 radical (unpaired) electrons. The van der Waals surface area contributed by atoms with Gasteiger partial charge in [-0.25, -0.2) is 8.78 Å². The second-order valence-corrected chi connectivity index (χ2v) is 5.49. The van der Waals surface area contributed by atoms with Crippen LogP contribution in [-0.2, 0) is 16.0 Å². The molecule has 0 saturated carbocycles. The standard InChI is InChI=1S/C18H19F2N3O2/c19-14-5-1-3-12(7-14)8-16(13-4-2-6-15(20)9-13)23-18(25)11-22-17(24)10-21/h1-7,9,16H,8,10-11,21H2,(H,22,24)(H,23,25). The summed E-state index contributed by atoms with van der Waals surface area (Å²) in [5.74, 6) is -1.74. The maximum Gasteiger partial charge on any atom is 0.239 e. The van der Waals surface area contributed by atoms with Gasteiger partial charge in [0, 0.05) is 0 Å². The Morgan fingerprint density at radius 3 is 2.32 bits per heavy atom. The SMILES string of the molecule is NCC(=O)NCC(=O)NC(Cc1cccc(F)c1)c1cccc(F)c1. The average Bonchev–Trinajstić information content (AvgIpc) is 2.59. The molecular formula is C18H19F2N3O2. The Kier molecular flexibility index (Phi) is 6.59. The molecule has 5 nitrogen and oxygen atoms in total. The molecule has 0 fully saturated rings. The molecule has 1 unspecified atom stereocenters. The van der Waals surface area contributed by atoms with Crippen LogP contribution in [0.4, 0.5) is 8.78 Å². The zero-order chi connectivity index (χ0) is 18.2. The number of benzene rings is 2. The van der Waals surface area contributed by atoms with Gasteiger partial charge >= 0.3 is 0 Å². The number of nitrogens with two attached hydrogens (primary N) is 1. The minimum atomic E-state index is -0.570. The summed E-state index contributed by atoms with van der Waals surface area (Å²) >= 11 is 0. The van der Waals surface area contributed by atoms with Crippen LogP contribution in [0.5, 0.6) is 0 Å². The third kappa shape index (κ3) is 5.96. The molecule has 7 heteroatoms. The smallest absolute Gasteiger partial charge is 0.239 e. The van der Waals surface area contributed by atoms with Gasteiger partial charge in [-0.3, -0.25) is 9.59 Å². The maximum atomic E-state index is 13.5. The van der Waals surface area contributed by atoms with Gasteiger partial charge in [-0.2, -0.15) is 0 Å². The zero-order valence-electron chi connectivity index (χ0n) is 13.5. The van der Waals surface area contributed by atoms with E-state index in [0.29, 0.717) is 11.1 Å². The highest BCUT2D eigenvalue weighted by molar-refractivity contribution is 5.85. The molecule has 4 N–H and O–H groups in total. The van der Waals surface area contributed by atoms with Gasteiger partial charge in [-0.15, -0.1) is 0 Å². The molecule has 0 heterocycles. The summed E-state index contributed by atoms with van der Waals surface area (Å²) in [5, 5.41) is 5.09. The molecule has 0 aliphatic rings. The van der Waals surface area contributed by atoms with Crippen molar-refractivity contribution in [3.05, 3.63) is 71.3 Å². The molecule has 0 bridgehead atoms. The summed E-state index contributed by atoms with van der Waals surface area (Å²) in [6, 6.07) is 11.2. The van der Waals surface area contributed by atoms with Crippen LogP contribution in [0.2, 0.25) is 0 Å². The Hall–Kier alpha value is -2.80. The number of carbonyl (C=O) groups excluding carboxylic acids is 2. The molecule has 132 valence electrons. The lowest BCUT2D eigenvalue weighted by Crippen LogP contribution is -2.41. The lowest BCUT2D eigenvalue weighted by Gasteiger charge is -2.20. The van der Waals surface area contributed by atoms with E-state index in [1.165, 1.54) is 30.3 Å². The normalized spacial score (nSPS) is 11.6. The van der Waals surface area contributed by atoms with Crippen molar-refractivity contribution in [2.45, 2.75) is 12.5 Å². The van der Waals surface area contributed by atoms with E-state index in [4.69, 9.17) is 5.73 Å². The molecule has 2 amide bonds. The van der Waals surface area contributed by atoms with Crippen LogP contribution in [-0.4, -0.2) is 24.9 Å². The van der Waals surface area contributed by atoms with Gasteiger partial charge in [-0.1, -0.05) is 24.3 Å². The Bertz CT molecular complexity index is 753. The minimum absolute atomic E-state index is 0.218. The first-order valence-corrected chi connectivity index (χ1v) is 7.74. The van der Waals surface area contributed by atoms with Crippen molar-refractivity contribution in [2.75, 3.05) is 13.1 Å². The number of hydrogen-bond donors (Lipinski definition) is 3. The van der Waals surface area contributed by atoms with Crippen molar-refractivity contribution in [2.24, 2.45) is 5.73 Å². The van der Waals surface area contributed by atoms with E-state index in [-0.39, 0.29) is 19.5 Å². The van der Waals surface area contributed by atoms with Gasteiger partial charge < -0.3 is 16.4 Å². The lowest BCUT2D eigenvalue weighted by atomic mass is 9.98. The third-order valence-corrected chi connectivity index (χ3v) is 3.55. The summed E-state index contributed by atoms with van der Waals surface area (Å²) in [6.07, 6.45) is 0.276. The van der Waals surface area contributed by atoms with Crippen LogP contribution in [0.15, 0.2) is 48.5 Å². The highest BCUT2D eigenvalue weighted by Gasteiger charge is 2.16. The number of halogens is 2. The van der Waals surface area contributed by atoms with Crippen LogP contribution in [0.25, 0.3) is 0 Å². The topological polar surface area (TPSA) is 84.2 Å². The Morgan fingerprint density at radius 1 is 1.00 bits per heavy atom. The molecule has 0 spiro atoms. The summed E-state index contributed by atoms with van der Waals surface area (Å²) in [5.41, 5.74) is 6.36. The predicted molar refractivity (Wildman–Crippen MR) is 89.5 cm³/mol. The number of nitrogens with one attached hydrogen (secondary N) is 2. The molecule has 0 aliphatic heterocycles. The molecule has 0 saturated heterocycles. The quantitative estimate of drug-likeness (QED) is 0.709. The minimum Gasteiger partial charge on any atom is -0.347 e. The molecule has 2 aromatic rings. The fraction of sp³-hybridized carbons (Fsp3) is 0.222. The van der Waals surface area contributed by atoms with Crippen molar-refractivity contribution in [3.8, 4) is 0 Å². The van der Waals surface area contributed by atoms with Crippen LogP contribution in [0.3, 0.4) is 0 Å². The van der Waals surface area contributed by atoms with E-state index in [1.807, 2.05) is 0 Å². The Balaban J connectivity index is 2.14. The Morgan fingerprint density at radius 2 is 1.68 bits per heavy atom. The van der Waals surface area contributed by atoms with E-state index < -0.39 is 29.5 Å². The van der Waals surface area contributed by atoms with E-state index in [1.54, 1.807) is 18.2 Å². The van der Waals surface area contributed by atoms with Gasteiger partial charge in [0.2, 0.25) is 11.8 Å². The van der Waals surface area contributed by atoms with Crippen molar-refractivity contribution >= 4 is 11.8 Å². The largest absolute Gasteiger partial charge is 0.347 e. The summed E-state index contributed by atoms with van der Waals surface area (Å²) < 4.78 is 26.9. The summed E-state index contributed by atoms with van der Waals surface area (Å²) in [7, 11) is 0. The van der Waals surface area contributed by atoms with Gasteiger partial charge in [0.25, 0.3) is 0 Å². The van der Waals surface area contributed by atoms with E-state index in [9.17, 15) is 18.4 Å². The number of carbonyl (C=O) groups is 2. The van der Waals surface area contributed by atoms with Crippen molar-refractivity contribution < 1.29 is 18.4 Å². The Labute approximate surface area is 144 Å². The molecule has 2 aromatic carbocycles. The zero-order valence-corrected chi connectivity index (χ0v) is 13.5. The highest BCUT2D eigenvalue weighted by Crippen LogP contribution is 2.20. The molecule has 2 rings (SSSR count). The van der Waals surface area contributed by atoms with E-state index in [2.05, 4.69) is 10.6 Å². The number of hydrogen-bond acceptors (Lipinski definition) is 3. The highest BCUT2D eigenvalue weighted by atomic mass is 19.1. The van der Waals surface area contributed by atoms with Crippen LogP contribution < -0.4 is 16.4 Å². The first kappa shape index (κ1) is 18.5. The summed E-state index contributed by atoms with van der Waals surface area (Å²) in [4.78, 5) is 23.2. The fourth-order valence-corrected chi connectivity index (χ4v) is 2.37. The molecule has 25 heavy (non-hydrogen) atoms.